The normalized spacial score (nSPS) is 11.0. The molecule has 0 heterocycles. The van der Waals surface area contributed by atoms with Crippen molar-refractivity contribution in [2.45, 2.75) is 4.90 Å². The van der Waals surface area contributed by atoms with Crippen molar-refractivity contribution >= 4 is 21.4 Å². The number of benzene rings is 2. The van der Waals surface area contributed by atoms with Crippen LogP contribution < -0.4 is 14.4 Å². The lowest BCUT2D eigenvalue weighted by atomic mass is 10.3. The maximum Gasteiger partial charge on any atom is 0.264 e. The number of nitrogens with one attached hydrogen (secondary N) is 1. The third kappa shape index (κ3) is 2.95. The maximum atomic E-state index is 12.7. The van der Waals surface area contributed by atoms with Crippen molar-refractivity contribution in [3.05, 3.63) is 48.5 Å². The fourth-order valence-corrected chi connectivity index (χ4v) is 3.18. The quantitative estimate of drug-likeness (QED) is 0.922. The molecule has 112 valence electrons. The zero-order chi connectivity index (χ0) is 15.5. The predicted octanol–water partition coefficient (Wildman–Crippen LogP) is 2.56. The highest BCUT2D eigenvalue weighted by Gasteiger charge is 2.23. The summed E-state index contributed by atoms with van der Waals surface area (Å²) >= 11 is 0. The second kappa shape index (κ2) is 6.05. The molecule has 0 amide bonds. The summed E-state index contributed by atoms with van der Waals surface area (Å²) in [4.78, 5) is 0.231. The highest BCUT2D eigenvalue weighted by atomic mass is 32.2. The van der Waals surface area contributed by atoms with E-state index in [9.17, 15) is 8.42 Å². The summed E-state index contributed by atoms with van der Waals surface area (Å²) in [7, 11) is 1.19. The molecule has 0 saturated carbocycles. The largest absolute Gasteiger partial charge is 0.495 e. The number of hydrogen-bond acceptors (Lipinski definition) is 4. The van der Waals surface area contributed by atoms with Gasteiger partial charge in [-0.05, 0) is 36.4 Å². The van der Waals surface area contributed by atoms with Gasteiger partial charge in [0.05, 0.1) is 17.7 Å². The molecule has 0 aliphatic rings. The second-order valence-electron chi connectivity index (χ2n) is 4.42. The Morgan fingerprint density at radius 1 is 1.05 bits per heavy atom. The van der Waals surface area contributed by atoms with Gasteiger partial charge < -0.3 is 10.1 Å². The summed E-state index contributed by atoms with van der Waals surface area (Å²) in [5.74, 6) is 0.510. The lowest BCUT2D eigenvalue weighted by Gasteiger charge is -2.21. The minimum atomic E-state index is -3.62. The average Bonchev–Trinajstić information content (AvgIpc) is 2.54. The van der Waals surface area contributed by atoms with Gasteiger partial charge in [0.15, 0.2) is 0 Å². The van der Waals surface area contributed by atoms with Crippen LogP contribution in [0.1, 0.15) is 0 Å². The van der Waals surface area contributed by atoms with Crippen molar-refractivity contribution in [2.75, 3.05) is 30.8 Å². The van der Waals surface area contributed by atoms with Crippen LogP contribution in [-0.2, 0) is 10.0 Å². The van der Waals surface area contributed by atoms with E-state index in [1.165, 1.54) is 18.5 Å². The van der Waals surface area contributed by atoms with E-state index >= 15 is 0 Å². The highest BCUT2D eigenvalue weighted by Crippen LogP contribution is 2.30. The summed E-state index contributed by atoms with van der Waals surface area (Å²) in [6, 6.07) is 13.6. The van der Waals surface area contributed by atoms with E-state index in [0.717, 1.165) is 5.69 Å². The SMILES string of the molecule is CNc1ccc(S(=O)(=O)N(C)c2ccccc2OC)cc1. The van der Waals surface area contributed by atoms with Crippen LogP contribution in [0.3, 0.4) is 0 Å². The molecular weight excluding hydrogens is 288 g/mol. The molecule has 2 aromatic carbocycles. The molecule has 0 saturated heterocycles. The molecule has 0 bridgehead atoms. The van der Waals surface area contributed by atoms with Gasteiger partial charge in [-0.15, -0.1) is 0 Å². The van der Waals surface area contributed by atoms with Gasteiger partial charge in [0, 0.05) is 19.8 Å². The third-order valence-electron chi connectivity index (χ3n) is 3.23. The molecule has 0 fully saturated rings. The Labute approximate surface area is 125 Å². The van der Waals surface area contributed by atoms with Crippen LogP contribution in [-0.4, -0.2) is 29.6 Å². The van der Waals surface area contributed by atoms with Crippen LogP contribution in [0.15, 0.2) is 53.4 Å². The monoisotopic (exact) mass is 306 g/mol. The average molecular weight is 306 g/mol. The van der Waals surface area contributed by atoms with Gasteiger partial charge in [0.2, 0.25) is 0 Å². The van der Waals surface area contributed by atoms with E-state index in [1.54, 1.807) is 55.6 Å². The molecule has 5 nitrogen and oxygen atoms in total. The third-order valence-corrected chi connectivity index (χ3v) is 5.01. The molecule has 6 heteroatoms. The lowest BCUT2D eigenvalue weighted by Crippen LogP contribution is -2.26. The molecule has 0 atom stereocenters. The maximum absolute atomic E-state index is 12.7. The first-order valence-corrected chi connectivity index (χ1v) is 7.84. The summed E-state index contributed by atoms with van der Waals surface area (Å²) in [6.07, 6.45) is 0. The van der Waals surface area contributed by atoms with E-state index < -0.39 is 10.0 Å². The first-order valence-electron chi connectivity index (χ1n) is 6.40. The van der Waals surface area contributed by atoms with Crippen molar-refractivity contribution in [1.82, 2.24) is 0 Å². The molecule has 2 aromatic rings. The second-order valence-corrected chi connectivity index (χ2v) is 6.39. The zero-order valence-electron chi connectivity index (χ0n) is 12.2. The van der Waals surface area contributed by atoms with Gasteiger partial charge in [-0.25, -0.2) is 8.42 Å². The van der Waals surface area contributed by atoms with E-state index in [0.29, 0.717) is 11.4 Å². The topological polar surface area (TPSA) is 58.6 Å². The Balaban J connectivity index is 2.42. The number of nitrogens with zero attached hydrogens (tertiary/aromatic N) is 1. The Hall–Kier alpha value is -2.21. The minimum Gasteiger partial charge on any atom is -0.495 e. The van der Waals surface area contributed by atoms with Crippen molar-refractivity contribution in [1.29, 1.82) is 0 Å². The van der Waals surface area contributed by atoms with Gasteiger partial charge in [-0.1, -0.05) is 12.1 Å². The fraction of sp³-hybridized carbons (Fsp3) is 0.200. The molecule has 0 aliphatic heterocycles. The van der Waals surface area contributed by atoms with Crippen molar-refractivity contribution in [3.63, 3.8) is 0 Å². The predicted molar refractivity (Wildman–Crippen MR) is 84.6 cm³/mol. The van der Waals surface area contributed by atoms with Crippen LogP contribution in [0.25, 0.3) is 0 Å². The van der Waals surface area contributed by atoms with Crippen LogP contribution >= 0.6 is 0 Å². The summed E-state index contributed by atoms with van der Waals surface area (Å²) in [5, 5.41) is 2.96. The van der Waals surface area contributed by atoms with Crippen LogP contribution in [0, 0.1) is 0 Å². The zero-order valence-corrected chi connectivity index (χ0v) is 13.0. The number of rotatable bonds is 5. The van der Waals surface area contributed by atoms with Crippen LogP contribution in [0.2, 0.25) is 0 Å². The van der Waals surface area contributed by atoms with Crippen molar-refractivity contribution in [3.8, 4) is 5.75 Å². The number of methoxy groups -OCH3 is 1. The Bertz CT molecular complexity index is 712. The van der Waals surface area contributed by atoms with Crippen molar-refractivity contribution in [2.24, 2.45) is 0 Å². The van der Waals surface area contributed by atoms with Gasteiger partial charge in [0.1, 0.15) is 5.75 Å². The number of sulfonamides is 1. The van der Waals surface area contributed by atoms with Gasteiger partial charge in [-0.2, -0.15) is 0 Å². The fourth-order valence-electron chi connectivity index (χ4n) is 1.97. The first-order chi connectivity index (χ1) is 10.0. The standard InChI is InChI=1S/C15H18N2O3S/c1-16-12-8-10-13(11-9-12)21(18,19)17(2)14-6-4-5-7-15(14)20-3/h4-11,16H,1-3H3. The minimum absolute atomic E-state index is 0.231. The molecular formula is C15H18N2O3S. The molecule has 21 heavy (non-hydrogen) atoms. The van der Waals surface area contributed by atoms with Crippen molar-refractivity contribution < 1.29 is 13.2 Å². The van der Waals surface area contributed by atoms with E-state index in [-0.39, 0.29) is 4.90 Å². The summed E-state index contributed by atoms with van der Waals surface area (Å²) in [6.45, 7) is 0. The molecule has 0 aromatic heterocycles. The molecule has 0 radical (unpaired) electrons. The number of anilines is 2. The summed E-state index contributed by atoms with van der Waals surface area (Å²) < 4.78 is 31.7. The number of ether oxygens (including phenoxy) is 1. The first kappa shape index (κ1) is 15.2. The van der Waals surface area contributed by atoms with Gasteiger partial charge in [0.25, 0.3) is 10.0 Å². The smallest absolute Gasteiger partial charge is 0.264 e. The highest BCUT2D eigenvalue weighted by molar-refractivity contribution is 7.92. The Morgan fingerprint density at radius 2 is 1.67 bits per heavy atom. The molecule has 0 unspecified atom stereocenters. The Morgan fingerprint density at radius 3 is 2.24 bits per heavy atom. The lowest BCUT2D eigenvalue weighted by molar-refractivity contribution is 0.416. The molecule has 1 N–H and O–H groups in total. The number of para-hydroxylation sites is 2. The molecule has 0 aliphatic carbocycles. The number of hydrogen-bond donors (Lipinski definition) is 1. The molecule has 0 spiro atoms. The van der Waals surface area contributed by atoms with Gasteiger partial charge in [-0.3, -0.25) is 4.31 Å². The van der Waals surface area contributed by atoms with E-state index in [1.807, 2.05) is 0 Å². The van der Waals surface area contributed by atoms with Crippen LogP contribution in [0.5, 0.6) is 5.75 Å². The van der Waals surface area contributed by atoms with E-state index in [2.05, 4.69) is 5.32 Å². The Kier molecular flexibility index (Phi) is 4.37. The van der Waals surface area contributed by atoms with E-state index in [4.69, 9.17) is 4.74 Å². The van der Waals surface area contributed by atoms with Gasteiger partial charge >= 0.3 is 0 Å². The molecule has 2 rings (SSSR count). The van der Waals surface area contributed by atoms with Crippen LogP contribution in [0.4, 0.5) is 11.4 Å². The summed E-state index contributed by atoms with van der Waals surface area (Å²) in [5.41, 5.74) is 1.35.